The molecule has 1 aliphatic heterocycles. The Morgan fingerprint density at radius 2 is 2.17 bits per heavy atom. The van der Waals surface area contributed by atoms with Crippen molar-refractivity contribution in [2.75, 3.05) is 12.8 Å². The Morgan fingerprint density at radius 1 is 1.38 bits per heavy atom. The number of benzene rings is 1. The molecule has 9 heteroatoms. The maximum Gasteiger partial charge on any atom is 0.254 e. The average molecular weight is 393 g/mol. The lowest BCUT2D eigenvalue weighted by Gasteiger charge is -2.23. The van der Waals surface area contributed by atoms with Crippen LogP contribution in [0.1, 0.15) is 40.4 Å². The normalized spacial score (nSPS) is 16.0. The van der Waals surface area contributed by atoms with E-state index in [-0.39, 0.29) is 35.3 Å². The van der Waals surface area contributed by atoms with Crippen molar-refractivity contribution < 1.29 is 18.4 Å². The van der Waals surface area contributed by atoms with Crippen LogP contribution in [-0.4, -0.2) is 28.0 Å². The number of pyridine rings is 1. The zero-order chi connectivity index (χ0) is 20.7. The Balaban J connectivity index is 1.96. The van der Waals surface area contributed by atoms with Crippen LogP contribution in [0, 0.1) is 17.1 Å². The quantitative estimate of drug-likeness (QED) is 0.623. The molecule has 1 atom stereocenters. The number of hydrogen-bond donors (Lipinski definition) is 1. The van der Waals surface area contributed by atoms with Crippen LogP contribution in [-0.2, 0) is 6.54 Å². The Kier molecular flexibility index (Phi) is 4.39. The minimum Gasteiger partial charge on any atom is -0.482 e. The zero-order valence-corrected chi connectivity index (χ0v) is 15.6. The van der Waals surface area contributed by atoms with E-state index in [0.717, 1.165) is 0 Å². The summed E-state index contributed by atoms with van der Waals surface area (Å²) >= 11 is 0. The number of amides is 1. The van der Waals surface area contributed by atoms with E-state index in [1.54, 1.807) is 20.0 Å². The molecule has 0 spiro atoms. The predicted molar refractivity (Wildman–Crippen MR) is 100 cm³/mol. The predicted octanol–water partition coefficient (Wildman–Crippen LogP) is 3.06. The molecule has 2 bridgehead atoms. The molecule has 146 valence electrons. The lowest BCUT2D eigenvalue weighted by molar-refractivity contribution is 0.0777. The van der Waals surface area contributed by atoms with Gasteiger partial charge in [0, 0.05) is 29.9 Å². The number of fused-ring (bicyclic) bond motifs is 5. The molecule has 8 nitrogen and oxygen atoms in total. The van der Waals surface area contributed by atoms with Crippen LogP contribution in [0.15, 0.2) is 35.0 Å². The van der Waals surface area contributed by atoms with Crippen molar-refractivity contribution in [2.24, 2.45) is 0 Å². The van der Waals surface area contributed by atoms with E-state index in [0.29, 0.717) is 22.4 Å². The number of halogens is 1. The Hall–Kier alpha value is -3.93. The van der Waals surface area contributed by atoms with E-state index in [1.165, 1.54) is 29.3 Å². The molecular weight excluding hydrogens is 377 g/mol. The third-order valence-corrected chi connectivity index (χ3v) is 4.75. The molecule has 1 aliphatic rings. The Bertz CT molecular complexity index is 1170. The van der Waals surface area contributed by atoms with Gasteiger partial charge in [-0.1, -0.05) is 5.16 Å². The van der Waals surface area contributed by atoms with Crippen LogP contribution in [0.5, 0.6) is 5.75 Å². The highest BCUT2D eigenvalue weighted by Gasteiger charge is 2.27. The molecule has 3 aromatic rings. The summed E-state index contributed by atoms with van der Waals surface area (Å²) in [4.78, 5) is 18.6. The van der Waals surface area contributed by atoms with Crippen molar-refractivity contribution in [1.82, 2.24) is 15.0 Å². The molecule has 1 aromatic carbocycles. The highest BCUT2D eigenvalue weighted by molar-refractivity contribution is 5.95. The summed E-state index contributed by atoms with van der Waals surface area (Å²) in [6.07, 6.45) is 0.791. The van der Waals surface area contributed by atoms with E-state index < -0.39 is 11.9 Å². The van der Waals surface area contributed by atoms with Crippen LogP contribution < -0.4 is 10.5 Å². The summed E-state index contributed by atoms with van der Waals surface area (Å²) in [5, 5.41) is 13.3. The number of nitrogens with two attached hydrogens (primary N) is 1. The van der Waals surface area contributed by atoms with E-state index in [2.05, 4.69) is 10.1 Å². The highest BCUT2D eigenvalue weighted by Crippen LogP contribution is 2.35. The van der Waals surface area contributed by atoms with Gasteiger partial charge in [-0.05, 0) is 31.2 Å². The minimum atomic E-state index is -0.686. The summed E-state index contributed by atoms with van der Waals surface area (Å²) < 4.78 is 25.0. The SMILES string of the molecule is CC1Oc2cc(cnc2N)-c2c(noc2C#N)CN(C)C(=O)c2ccc(F)cc21. The van der Waals surface area contributed by atoms with Gasteiger partial charge in [0.2, 0.25) is 5.76 Å². The van der Waals surface area contributed by atoms with Crippen LogP contribution >= 0.6 is 0 Å². The molecule has 0 radical (unpaired) electrons. The second kappa shape index (κ2) is 6.91. The van der Waals surface area contributed by atoms with Gasteiger partial charge >= 0.3 is 0 Å². The van der Waals surface area contributed by atoms with Gasteiger partial charge in [-0.2, -0.15) is 5.26 Å². The van der Waals surface area contributed by atoms with Gasteiger partial charge in [0.1, 0.15) is 23.7 Å². The first kappa shape index (κ1) is 18.4. The number of nitrogen functional groups attached to an aromatic ring is 1. The van der Waals surface area contributed by atoms with Gasteiger partial charge in [-0.3, -0.25) is 4.79 Å². The van der Waals surface area contributed by atoms with E-state index in [1.807, 2.05) is 6.07 Å². The molecule has 0 aliphatic carbocycles. The fourth-order valence-corrected chi connectivity index (χ4v) is 3.31. The van der Waals surface area contributed by atoms with Crippen molar-refractivity contribution >= 4 is 11.7 Å². The van der Waals surface area contributed by atoms with Crippen LogP contribution in [0.25, 0.3) is 11.1 Å². The number of anilines is 1. The summed E-state index contributed by atoms with van der Waals surface area (Å²) in [7, 11) is 1.59. The fourth-order valence-electron chi connectivity index (χ4n) is 3.31. The van der Waals surface area contributed by atoms with Crippen molar-refractivity contribution in [3.05, 3.63) is 58.9 Å². The summed E-state index contributed by atoms with van der Waals surface area (Å²) in [6, 6.07) is 7.47. The molecule has 0 saturated carbocycles. The number of hydrogen-bond acceptors (Lipinski definition) is 7. The van der Waals surface area contributed by atoms with Crippen molar-refractivity contribution in [3.8, 4) is 22.9 Å². The zero-order valence-electron chi connectivity index (χ0n) is 15.6. The Morgan fingerprint density at radius 3 is 2.93 bits per heavy atom. The monoisotopic (exact) mass is 393 g/mol. The smallest absolute Gasteiger partial charge is 0.254 e. The van der Waals surface area contributed by atoms with Gasteiger partial charge in [0.25, 0.3) is 5.91 Å². The van der Waals surface area contributed by atoms with Crippen LogP contribution in [0.4, 0.5) is 10.2 Å². The number of nitriles is 1. The van der Waals surface area contributed by atoms with Crippen molar-refractivity contribution in [1.29, 1.82) is 5.26 Å². The number of aromatic nitrogens is 2. The average Bonchev–Trinajstić information content (AvgIpc) is 3.10. The van der Waals surface area contributed by atoms with Gasteiger partial charge in [0.15, 0.2) is 11.6 Å². The molecule has 1 amide bonds. The van der Waals surface area contributed by atoms with Gasteiger partial charge in [-0.15, -0.1) is 0 Å². The van der Waals surface area contributed by atoms with Gasteiger partial charge in [-0.25, -0.2) is 9.37 Å². The maximum absolute atomic E-state index is 13.9. The van der Waals surface area contributed by atoms with Gasteiger partial charge in [0.05, 0.1) is 12.1 Å². The first-order valence-electron chi connectivity index (χ1n) is 8.75. The Labute approximate surface area is 165 Å². The molecule has 2 N–H and O–H groups in total. The summed E-state index contributed by atoms with van der Waals surface area (Å²) in [5.41, 5.74) is 7.92. The first-order valence-corrected chi connectivity index (χ1v) is 8.75. The third-order valence-electron chi connectivity index (χ3n) is 4.75. The maximum atomic E-state index is 13.9. The lowest BCUT2D eigenvalue weighted by Crippen LogP contribution is -2.28. The van der Waals surface area contributed by atoms with Crippen molar-refractivity contribution in [2.45, 2.75) is 19.6 Å². The molecule has 4 rings (SSSR count). The molecular formula is C20H16FN5O3. The number of ether oxygens (including phenoxy) is 1. The van der Waals surface area contributed by atoms with E-state index >= 15 is 0 Å². The summed E-state index contributed by atoms with van der Waals surface area (Å²) in [6.45, 7) is 1.76. The molecule has 3 heterocycles. The third kappa shape index (κ3) is 3.14. The molecule has 0 saturated heterocycles. The first-order chi connectivity index (χ1) is 13.9. The molecule has 29 heavy (non-hydrogen) atoms. The number of nitrogens with zero attached hydrogens (tertiary/aromatic N) is 4. The van der Waals surface area contributed by atoms with Crippen molar-refractivity contribution in [3.63, 3.8) is 0 Å². The largest absolute Gasteiger partial charge is 0.482 e. The molecule has 0 fully saturated rings. The number of rotatable bonds is 0. The molecule has 1 unspecified atom stereocenters. The number of carbonyl (C=O) groups is 1. The van der Waals surface area contributed by atoms with Crippen LogP contribution in [0.2, 0.25) is 0 Å². The second-order valence-electron chi connectivity index (χ2n) is 6.71. The lowest BCUT2D eigenvalue weighted by atomic mass is 10.0. The fraction of sp³-hybridized carbons (Fsp3) is 0.200. The summed E-state index contributed by atoms with van der Waals surface area (Å²) in [5.74, 6) is -0.485. The number of carbonyl (C=O) groups excluding carboxylic acids is 1. The molecule has 2 aromatic heterocycles. The van der Waals surface area contributed by atoms with Gasteiger partial charge < -0.3 is 19.9 Å². The van der Waals surface area contributed by atoms with E-state index in [9.17, 15) is 14.4 Å². The van der Waals surface area contributed by atoms with Crippen LogP contribution in [0.3, 0.4) is 0 Å². The highest BCUT2D eigenvalue weighted by atomic mass is 19.1. The second-order valence-corrected chi connectivity index (χ2v) is 6.71. The van der Waals surface area contributed by atoms with E-state index in [4.69, 9.17) is 15.0 Å². The standard InChI is InChI=1S/C20H16FN5O3/c1-10-14-6-12(21)3-4-13(14)20(27)26(2)9-15-18(17(7-22)29-25-15)11-5-16(28-10)19(23)24-8-11/h3-6,8,10H,9H2,1-2H3,(H2,23,24). The minimum absolute atomic E-state index is 0.00838. The topological polar surface area (TPSA) is 118 Å².